The SMILES string of the molecule is O=C(/C=C/c1ccccc1Br)c1ccc(-[n+]2cc(=O)o[nH]2)cc1. The number of H-pyrrole nitrogens is 1. The molecule has 0 spiro atoms. The molecule has 0 fully saturated rings. The molecular weight excluding hydrogens is 360 g/mol. The molecule has 3 aromatic rings. The second kappa shape index (κ2) is 6.58. The Labute approximate surface area is 140 Å². The van der Waals surface area contributed by atoms with Crippen LogP contribution in [0.5, 0.6) is 0 Å². The zero-order valence-corrected chi connectivity index (χ0v) is 13.5. The number of allylic oxidation sites excluding steroid dienone is 1. The molecule has 0 aliphatic carbocycles. The van der Waals surface area contributed by atoms with E-state index in [-0.39, 0.29) is 5.78 Å². The lowest BCUT2D eigenvalue weighted by Gasteiger charge is -1.98. The number of nitrogens with zero attached hydrogens (tertiary/aromatic N) is 1. The van der Waals surface area contributed by atoms with Crippen molar-refractivity contribution in [2.45, 2.75) is 0 Å². The average molecular weight is 372 g/mol. The molecule has 23 heavy (non-hydrogen) atoms. The minimum Gasteiger partial charge on any atom is -0.289 e. The second-order valence-corrected chi connectivity index (χ2v) is 5.63. The molecule has 0 amide bonds. The van der Waals surface area contributed by atoms with Crippen molar-refractivity contribution >= 4 is 27.8 Å². The van der Waals surface area contributed by atoms with Crippen molar-refractivity contribution in [2.24, 2.45) is 0 Å². The monoisotopic (exact) mass is 371 g/mol. The van der Waals surface area contributed by atoms with Crippen molar-refractivity contribution in [1.29, 1.82) is 0 Å². The van der Waals surface area contributed by atoms with Gasteiger partial charge in [-0.05, 0) is 45.9 Å². The van der Waals surface area contributed by atoms with Gasteiger partial charge in [-0.15, -0.1) is 0 Å². The summed E-state index contributed by atoms with van der Waals surface area (Å²) in [6, 6.07) is 14.5. The predicted molar refractivity (Wildman–Crippen MR) is 88.4 cm³/mol. The Balaban J connectivity index is 1.78. The molecule has 3 rings (SSSR count). The lowest BCUT2D eigenvalue weighted by atomic mass is 10.1. The number of carbonyl (C=O) groups is 1. The van der Waals surface area contributed by atoms with E-state index >= 15 is 0 Å². The third-order valence-electron chi connectivity index (χ3n) is 3.23. The molecule has 1 aromatic heterocycles. The maximum absolute atomic E-state index is 12.2. The summed E-state index contributed by atoms with van der Waals surface area (Å²) in [5, 5.41) is 2.45. The number of carbonyl (C=O) groups excluding carboxylic acids is 1. The Morgan fingerprint density at radius 3 is 2.52 bits per heavy atom. The smallest absolute Gasteiger partial charge is 0.289 e. The Morgan fingerprint density at radius 2 is 1.87 bits per heavy atom. The zero-order valence-electron chi connectivity index (χ0n) is 11.9. The summed E-state index contributed by atoms with van der Waals surface area (Å²) in [6.07, 6.45) is 4.58. The van der Waals surface area contributed by atoms with Crippen molar-refractivity contribution in [2.75, 3.05) is 0 Å². The largest absolute Gasteiger partial charge is 0.427 e. The Kier molecular flexibility index (Phi) is 4.34. The fraction of sp³-hybridized carbons (Fsp3) is 0. The Hall–Kier alpha value is -2.73. The van der Waals surface area contributed by atoms with Crippen LogP contribution in [0.4, 0.5) is 0 Å². The molecule has 2 aromatic carbocycles. The first-order valence-corrected chi connectivity index (χ1v) is 7.60. The number of benzene rings is 2. The van der Waals surface area contributed by atoms with Gasteiger partial charge in [-0.1, -0.05) is 34.1 Å². The molecule has 6 heteroatoms. The highest BCUT2D eigenvalue weighted by atomic mass is 79.9. The van der Waals surface area contributed by atoms with Crippen LogP contribution in [0.25, 0.3) is 11.8 Å². The van der Waals surface area contributed by atoms with Crippen LogP contribution in [0.15, 0.2) is 74.6 Å². The minimum absolute atomic E-state index is 0.0991. The maximum atomic E-state index is 12.2. The molecule has 0 unspecified atom stereocenters. The molecule has 0 saturated carbocycles. The lowest BCUT2D eigenvalue weighted by Crippen LogP contribution is -2.32. The Bertz CT molecular complexity index is 923. The van der Waals surface area contributed by atoms with Gasteiger partial charge in [0.15, 0.2) is 5.78 Å². The first kappa shape index (κ1) is 15.2. The predicted octanol–water partition coefficient (Wildman–Crippen LogP) is 2.90. The number of aromatic nitrogens is 2. The van der Waals surface area contributed by atoms with E-state index in [4.69, 9.17) is 0 Å². The first-order valence-electron chi connectivity index (χ1n) is 6.81. The van der Waals surface area contributed by atoms with Crippen LogP contribution >= 0.6 is 15.9 Å². The fourth-order valence-corrected chi connectivity index (χ4v) is 2.45. The molecule has 0 radical (unpaired) electrons. The van der Waals surface area contributed by atoms with E-state index < -0.39 is 5.63 Å². The minimum atomic E-state index is -0.471. The van der Waals surface area contributed by atoms with Crippen molar-refractivity contribution in [3.05, 3.63) is 86.8 Å². The number of aromatic amines is 1. The number of rotatable bonds is 4. The first-order chi connectivity index (χ1) is 11.1. The normalized spacial score (nSPS) is 11.0. The molecule has 0 aliphatic heterocycles. The van der Waals surface area contributed by atoms with Gasteiger partial charge in [0.05, 0.1) is 0 Å². The second-order valence-electron chi connectivity index (χ2n) is 4.78. The third-order valence-corrected chi connectivity index (χ3v) is 3.95. The van der Waals surface area contributed by atoms with Gasteiger partial charge >= 0.3 is 5.63 Å². The summed E-state index contributed by atoms with van der Waals surface area (Å²) in [6.45, 7) is 0. The van der Waals surface area contributed by atoms with Crippen molar-refractivity contribution in [3.8, 4) is 5.69 Å². The summed E-state index contributed by atoms with van der Waals surface area (Å²) in [4.78, 5) is 23.2. The maximum Gasteiger partial charge on any atom is 0.427 e. The van der Waals surface area contributed by atoms with Crippen LogP contribution in [0.1, 0.15) is 15.9 Å². The summed E-state index contributed by atoms with van der Waals surface area (Å²) in [5.74, 6) is -0.0991. The molecule has 1 heterocycles. The van der Waals surface area contributed by atoms with Crippen LogP contribution in [0.3, 0.4) is 0 Å². The van der Waals surface area contributed by atoms with Crippen LogP contribution in [-0.2, 0) is 0 Å². The lowest BCUT2D eigenvalue weighted by molar-refractivity contribution is -0.670. The van der Waals surface area contributed by atoms with E-state index in [1.807, 2.05) is 24.3 Å². The number of halogens is 1. The summed E-state index contributed by atoms with van der Waals surface area (Å²) < 4.78 is 6.96. The van der Waals surface area contributed by atoms with Crippen LogP contribution in [0.2, 0.25) is 0 Å². The summed E-state index contributed by atoms with van der Waals surface area (Å²) >= 11 is 3.44. The zero-order chi connectivity index (χ0) is 16.2. The highest BCUT2D eigenvalue weighted by Crippen LogP contribution is 2.17. The van der Waals surface area contributed by atoms with E-state index in [0.29, 0.717) is 11.3 Å². The van der Waals surface area contributed by atoms with Crippen molar-refractivity contribution in [1.82, 2.24) is 5.27 Å². The van der Waals surface area contributed by atoms with Crippen LogP contribution < -0.4 is 10.3 Å². The van der Waals surface area contributed by atoms with Gasteiger partial charge in [0, 0.05) is 22.2 Å². The highest BCUT2D eigenvalue weighted by Gasteiger charge is 2.11. The van der Waals surface area contributed by atoms with Crippen molar-refractivity contribution in [3.63, 3.8) is 0 Å². The number of hydrogen-bond acceptors (Lipinski definition) is 3. The fourth-order valence-electron chi connectivity index (χ4n) is 2.04. The van der Waals surface area contributed by atoms with Gasteiger partial charge in [-0.25, -0.2) is 4.79 Å². The third kappa shape index (κ3) is 3.54. The topological polar surface area (TPSA) is 66.9 Å². The molecule has 0 bridgehead atoms. The van der Waals surface area contributed by atoms with Gasteiger partial charge in [-0.2, -0.15) is 0 Å². The molecule has 0 atom stereocenters. The van der Waals surface area contributed by atoms with Gasteiger partial charge in [0.2, 0.25) is 5.69 Å². The summed E-state index contributed by atoms with van der Waals surface area (Å²) in [5.41, 5.74) is 1.72. The van der Waals surface area contributed by atoms with Gasteiger partial charge in [-0.3, -0.25) is 9.32 Å². The molecule has 0 saturated heterocycles. The molecule has 114 valence electrons. The van der Waals surface area contributed by atoms with Gasteiger partial charge in [0.1, 0.15) is 0 Å². The average Bonchev–Trinajstić information content (AvgIpc) is 3.00. The number of ketones is 1. The van der Waals surface area contributed by atoms with Crippen molar-refractivity contribution < 1.29 is 14.0 Å². The molecular formula is C17H12BrN2O3+. The standard InChI is InChI=1S/C17H11BrN2O3/c18-15-4-2-1-3-12(15)7-10-16(21)13-5-8-14(9-6-13)20-11-17(22)23-19-20/h1-11H/p+1/b10-7+. The van der Waals surface area contributed by atoms with Gasteiger partial charge < -0.3 is 0 Å². The van der Waals surface area contributed by atoms with Gasteiger partial charge in [0.25, 0.3) is 6.20 Å². The highest BCUT2D eigenvalue weighted by molar-refractivity contribution is 9.10. The van der Waals surface area contributed by atoms with E-state index in [9.17, 15) is 9.59 Å². The molecule has 0 aliphatic rings. The van der Waals surface area contributed by atoms with Crippen LogP contribution in [0, 0.1) is 0 Å². The van der Waals surface area contributed by atoms with Crippen LogP contribution in [-0.4, -0.2) is 11.1 Å². The molecule has 5 nitrogen and oxygen atoms in total. The van der Waals surface area contributed by atoms with E-state index in [2.05, 4.69) is 25.7 Å². The van der Waals surface area contributed by atoms with E-state index in [0.717, 1.165) is 10.0 Å². The van der Waals surface area contributed by atoms with E-state index in [1.165, 1.54) is 17.0 Å². The number of nitrogens with one attached hydrogen (secondary N) is 1. The molecule has 1 N–H and O–H groups in total. The number of hydrogen-bond donors (Lipinski definition) is 1. The Morgan fingerprint density at radius 1 is 1.13 bits per heavy atom. The quantitative estimate of drug-likeness (QED) is 0.435. The summed E-state index contributed by atoms with van der Waals surface area (Å²) in [7, 11) is 0. The van der Waals surface area contributed by atoms with E-state index in [1.54, 1.807) is 30.3 Å².